The molecular weight excluding hydrogens is 517 g/mol. The third-order valence-electron chi connectivity index (χ3n) is 7.68. The van der Waals surface area contributed by atoms with E-state index in [1.54, 1.807) is 18.5 Å². The van der Waals surface area contributed by atoms with E-state index in [9.17, 15) is 0 Å². The van der Waals surface area contributed by atoms with Crippen molar-refractivity contribution in [3.63, 3.8) is 0 Å². The molecule has 0 bridgehead atoms. The lowest BCUT2D eigenvalue weighted by Crippen LogP contribution is -2.44. The zero-order chi connectivity index (χ0) is 27.8. The number of pyridine rings is 2. The molecule has 1 saturated heterocycles. The molecule has 2 aromatic carbocycles. The predicted molar refractivity (Wildman–Crippen MR) is 159 cm³/mol. The Balaban J connectivity index is 1.20. The SMILES string of the molecule is CN1CCN(c2nccc3[nH]c(-c4n[nH]c5ccc(-c6cncc(CNCc7ccccc7)c6)c(F)c45)nc23)CC1. The molecule has 0 radical (unpaired) electrons. The normalized spacial score (nSPS) is 14.3. The second-order valence-corrected chi connectivity index (χ2v) is 10.5. The first kappa shape index (κ1) is 25.3. The van der Waals surface area contributed by atoms with Crippen molar-refractivity contribution in [2.24, 2.45) is 0 Å². The number of hydrogen-bond acceptors (Lipinski definition) is 7. The van der Waals surface area contributed by atoms with E-state index < -0.39 is 0 Å². The van der Waals surface area contributed by atoms with Crippen LogP contribution in [0.25, 0.3) is 44.6 Å². The number of halogens is 1. The number of aromatic nitrogens is 6. The molecule has 1 fully saturated rings. The van der Waals surface area contributed by atoms with Crippen LogP contribution in [-0.4, -0.2) is 68.3 Å². The maximum Gasteiger partial charge on any atom is 0.159 e. The van der Waals surface area contributed by atoms with Crippen molar-refractivity contribution < 1.29 is 4.39 Å². The number of benzene rings is 2. The molecule has 7 rings (SSSR count). The highest BCUT2D eigenvalue weighted by atomic mass is 19.1. The Labute approximate surface area is 236 Å². The Morgan fingerprint density at radius 3 is 2.61 bits per heavy atom. The number of imidazole rings is 1. The van der Waals surface area contributed by atoms with Gasteiger partial charge in [-0.1, -0.05) is 30.3 Å². The van der Waals surface area contributed by atoms with Crippen molar-refractivity contribution in [3.8, 4) is 22.6 Å². The van der Waals surface area contributed by atoms with Crippen LogP contribution in [0.2, 0.25) is 0 Å². The third-order valence-corrected chi connectivity index (χ3v) is 7.68. The fourth-order valence-electron chi connectivity index (χ4n) is 5.43. The van der Waals surface area contributed by atoms with Gasteiger partial charge in [0.2, 0.25) is 0 Å². The molecule has 0 amide bonds. The lowest BCUT2D eigenvalue weighted by molar-refractivity contribution is 0.312. The lowest BCUT2D eigenvalue weighted by atomic mass is 10.0. The van der Waals surface area contributed by atoms with Gasteiger partial charge in [0.05, 0.1) is 16.4 Å². The lowest BCUT2D eigenvalue weighted by Gasteiger charge is -2.33. The summed E-state index contributed by atoms with van der Waals surface area (Å²) in [5.41, 5.74) is 6.01. The Bertz CT molecular complexity index is 1820. The minimum absolute atomic E-state index is 0.361. The average Bonchev–Trinajstić information content (AvgIpc) is 3.63. The number of nitrogens with one attached hydrogen (secondary N) is 3. The minimum Gasteiger partial charge on any atom is -0.352 e. The van der Waals surface area contributed by atoms with E-state index in [1.807, 2.05) is 42.6 Å². The molecule has 0 atom stereocenters. The topological polar surface area (TPSA) is 102 Å². The van der Waals surface area contributed by atoms with E-state index in [2.05, 4.69) is 59.4 Å². The van der Waals surface area contributed by atoms with Gasteiger partial charge in [0.15, 0.2) is 11.6 Å². The highest BCUT2D eigenvalue weighted by molar-refractivity contribution is 5.97. The van der Waals surface area contributed by atoms with Crippen molar-refractivity contribution in [1.29, 1.82) is 0 Å². The summed E-state index contributed by atoms with van der Waals surface area (Å²) < 4.78 is 16.2. The molecule has 3 N–H and O–H groups in total. The number of rotatable bonds is 7. The molecule has 6 aromatic rings. The van der Waals surface area contributed by atoms with Gasteiger partial charge in [0, 0.05) is 69.0 Å². The van der Waals surface area contributed by atoms with Crippen molar-refractivity contribution >= 4 is 27.8 Å². The van der Waals surface area contributed by atoms with Crippen LogP contribution in [0.3, 0.4) is 0 Å². The third kappa shape index (κ3) is 4.92. The average molecular weight is 548 g/mol. The Hall–Kier alpha value is -4.67. The molecule has 0 unspecified atom stereocenters. The standard InChI is InChI=1S/C31H30FN9/c1-40-11-13-41(14-12-40)31-28-25(9-10-35-31)36-30(37-28)29-26-24(38-39-29)8-7-23(27(26)32)22-15-21(18-34-19-22)17-33-16-20-5-3-2-4-6-20/h2-10,15,18-19,33H,11-14,16-17H2,1H3,(H,36,37)(H,38,39). The summed E-state index contributed by atoms with van der Waals surface area (Å²) >= 11 is 0. The number of likely N-dealkylation sites (N-methyl/N-ethyl adjacent to an activating group) is 1. The van der Waals surface area contributed by atoms with Gasteiger partial charge in [-0.25, -0.2) is 14.4 Å². The molecular formula is C31H30FN9. The van der Waals surface area contributed by atoms with Crippen LogP contribution in [0.5, 0.6) is 0 Å². The molecule has 0 spiro atoms. The maximum atomic E-state index is 16.2. The van der Waals surface area contributed by atoms with E-state index in [1.165, 1.54) is 5.56 Å². The molecule has 10 heteroatoms. The monoisotopic (exact) mass is 547 g/mol. The summed E-state index contributed by atoms with van der Waals surface area (Å²) in [4.78, 5) is 21.8. The summed E-state index contributed by atoms with van der Waals surface area (Å²) in [7, 11) is 2.12. The van der Waals surface area contributed by atoms with Gasteiger partial charge in [-0.2, -0.15) is 5.10 Å². The molecule has 0 saturated carbocycles. The fourth-order valence-corrected chi connectivity index (χ4v) is 5.43. The van der Waals surface area contributed by atoms with Gasteiger partial charge in [-0.15, -0.1) is 0 Å². The first-order valence-corrected chi connectivity index (χ1v) is 13.8. The van der Waals surface area contributed by atoms with Gasteiger partial charge in [0.25, 0.3) is 0 Å². The van der Waals surface area contributed by atoms with Crippen molar-refractivity contribution in [3.05, 3.63) is 90.1 Å². The Kier molecular flexibility index (Phi) is 6.62. The van der Waals surface area contributed by atoms with Gasteiger partial charge in [-0.3, -0.25) is 10.1 Å². The van der Waals surface area contributed by atoms with E-state index in [4.69, 9.17) is 4.98 Å². The summed E-state index contributed by atoms with van der Waals surface area (Å²) in [6.07, 6.45) is 5.29. The van der Waals surface area contributed by atoms with E-state index >= 15 is 4.39 Å². The van der Waals surface area contributed by atoms with Crippen molar-refractivity contribution in [1.82, 2.24) is 40.3 Å². The van der Waals surface area contributed by atoms with Crippen LogP contribution >= 0.6 is 0 Å². The smallest absolute Gasteiger partial charge is 0.159 e. The van der Waals surface area contributed by atoms with Crippen LogP contribution < -0.4 is 10.2 Å². The number of nitrogens with zero attached hydrogens (tertiary/aromatic N) is 6. The number of hydrogen-bond donors (Lipinski definition) is 3. The molecule has 1 aliphatic rings. The van der Waals surface area contributed by atoms with Crippen LogP contribution in [-0.2, 0) is 13.1 Å². The van der Waals surface area contributed by atoms with E-state index in [-0.39, 0.29) is 5.82 Å². The van der Waals surface area contributed by atoms with Gasteiger partial charge >= 0.3 is 0 Å². The Morgan fingerprint density at radius 2 is 1.76 bits per heavy atom. The second kappa shape index (κ2) is 10.7. The summed E-state index contributed by atoms with van der Waals surface area (Å²) in [6.45, 7) is 5.05. The quantitative estimate of drug-likeness (QED) is 0.265. The second-order valence-electron chi connectivity index (χ2n) is 10.5. The Morgan fingerprint density at radius 1 is 0.927 bits per heavy atom. The highest BCUT2D eigenvalue weighted by Crippen LogP contribution is 2.35. The largest absolute Gasteiger partial charge is 0.352 e. The number of piperazine rings is 1. The molecule has 41 heavy (non-hydrogen) atoms. The van der Waals surface area contributed by atoms with Gasteiger partial charge < -0.3 is 20.1 Å². The van der Waals surface area contributed by atoms with Crippen LogP contribution in [0.1, 0.15) is 11.1 Å². The highest BCUT2D eigenvalue weighted by Gasteiger charge is 2.23. The maximum absolute atomic E-state index is 16.2. The van der Waals surface area contributed by atoms with Crippen molar-refractivity contribution in [2.45, 2.75) is 13.1 Å². The van der Waals surface area contributed by atoms with E-state index in [0.717, 1.165) is 55.1 Å². The predicted octanol–water partition coefficient (Wildman–Crippen LogP) is 4.74. The number of anilines is 1. The molecule has 5 heterocycles. The molecule has 9 nitrogen and oxygen atoms in total. The number of H-pyrrole nitrogens is 2. The summed E-state index contributed by atoms with van der Waals surface area (Å²) in [5.74, 6) is 0.978. The molecule has 0 aliphatic carbocycles. The molecule has 1 aliphatic heterocycles. The summed E-state index contributed by atoms with van der Waals surface area (Å²) in [5, 5.41) is 11.3. The first-order valence-electron chi connectivity index (χ1n) is 13.8. The van der Waals surface area contributed by atoms with Crippen LogP contribution in [0, 0.1) is 5.82 Å². The number of fused-ring (bicyclic) bond motifs is 2. The zero-order valence-corrected chi connectivity index (χ0v) is 22.7. The molecule has 206 valence electrons. The fraction of sp³-hybridized carbons (Fsp3) is 0.226. The first-order chi connectivity index (χ1) is 20.1. The van der Waals surface area contributed by atoms with Gasteiger partial charge in [0.1, 0.15) is 17.0 Å². The summed E-state index contributed by atoms with van der Waals surface area (Å²) in [6, 6.07) is 17.7. The van der Waals surface area contributed by atoms with Crippen LogP contribution in [0.15, 0.2) is 73.2 Å². The minimum atomic E-state index is -0.361. The zero-order valence-electron chi connectivity index (χ0n) is 22.7. The van der Waals surface area contributed by atoms with Crippen LogP contribution in [0.4, 0.5) is 10.2 Å². The molecule has 4 aromatic heterocycles. The van der Waals surface area contributed by atoms with Crippen molar-refractivity contribution in [2.75, 3.05) is 38.1 Å². The van der Waals surface area contributed by atoms with E-state index in [0.29, 0.717) is 40.1 Å². The van der Waals surface area contributed by atoms with Gasteiger partial charge in [-0.05, 0) is 42.4 Å². The number of aromatic amines is 2.